The average molecular weight is 403 g/mol. The molecule has 1 amide bonds. The molecule has 25 heavy (non-hydrogen) atoms. The Bertz CT molecular complexity index is 1020. The Morgan fingerprint density at radius 1 is 0.960 bits per heavy atom. The summed E-state index contributed by atoms with van der Waals surface area (Å²) in [6.45, 7) is 2.69. The molecule has 2 rings (SSSR count). The number of hydrogen-bond donors (Lipinski definition) is 2. The van der Waals surface area contributed by atoms with Crippen LogP contribution in [-0.2, 0) is 24.8 Å². The smallest absolute Gasteiger partial charge is 0.264 e. The molecule has 2 N–H and O–H groups in total. The van der Waals surface area contributed by atoms with Crippen molar-refractivity contribution < 1.29 is 21.6 Å². The highest BCUT2D eigenvalue weighted by Gasteiger charge is 2.19. The molecule has 0 heterocycles. The summed E-state index contributed by atoms with van der Waals surface area (Å²) < 4.78 is 52.8. The van der Waals surface area contributed by atoms with E-state index in [2.05, 4.69) is 4.72 Å². The van der Waals surface area contributed by atoms with Crippen LogP contribution in [0, 0.1) is 6.92 Å². The Kier molecular flexibility index (Phi) is 5.40. The molecule has 134 valence electrons. The van der Waals surface area contributed by atoms with E-state index >= 15 is 0 Å². The van der Waals surface area contributed by atoms with Gasteiger partial charge < -0.3 is 0 Å². The van der Waals surface area contributed by atoms with Crippen LogP contribution in [0.15, 0.2) is 52.3 Å². The van der Waals surface area contributed by atoms with Crippen LogP contribution in [0.4, 0.5) is 5.69 Å². The van der Waals surface area contributed by atoms with E-state index in [1.54, 1.807) is 6.92 Å². The maximum Gasteiger partial charge on any atom is 0.264 e. The summed E-state index contributed by atoms with van der Waals surface area (Å²) in [5.41, 5.74) is 0.654. The third-order valence-electron chi connectivity index (χ3n) is 3.12. The van der Waals surface area contributed by atoms with Crippen molar-refractivity contribution >= 4 is 43.2 Å². The van der Waals surface area contributed by atoms with Crippen molar-refractivity contribution in [1.29, 1.82) is 0 Å². The van der Waals surface area contributed by atoms with Gasteiger partial charge in [0.1, 0.15) is 0 Å². The number of halogens is 1. The molecule has 2 aromatic rings. The minimum Gasteiger partial charge on any atom is -0.280 e. The highest BCUT2D eigenvalue weighted by atomic mass is 35.5. The highest BCUT2D eigenvalue weighted by Crippen LogP contribution is 2.23. The zero-order valence-electron chi connectivity index (χ0n) is 13.3. The molecule has 0 aliphatic heterocycles. The molecule has 10 heteroatoms. The molecule has 0 saturated heterocycles. The van der Waals surface area contributed by atoms with Crippen LogP contribution in [0.2, 0.25) is 5.02 Å². The molecule has 0 aromatic heterocycles. The number of carbonyl (C=O) groups excluding carboxylic acids is 1. The van der Waals surface area contributed by atoms with E-state index in [1.807, 2.05) is 4.72 Å². The van der Waals surface area contributed by atoms with Gasteiger partial charge >= 0.3 is 0 Å². The zero-order chi connectivity index (χ0) is 18.8. The molecule has 0 aliphatic rings. The Morgan fingerprint density at radius 3 is 2.08 bits per heavy atom. The fraction of sp³-hybridized carbons (Fsp3) is 0.133. The molecular weight excluding hydrogens is 388 g/mol. The van der Waals surface area contributed by atoms with Crippen LogP contribution in [0.1, 0.15) is 12.5 Å². The third kappa shape index (κ3) is 4.71. The molecular formula is C15H15ClN2O5S2. The maximum absolute atomic E-state index is 12.4. The first kappa shape index (κ1) is 19.2. The monoisotopic (exact) mass is 402 g/mol. The lowest BCUT2D eigenvalue weighted by Crippen LogP contribution is -2.28. The summed E-state index contributed by atoms with van der Waals surface area (Å²) in [5.74, 6) is -0.719. The summed E-state index contributed by atoms with van der Waals surface area (Å²) >= 11 is 5.82. The van der Waals surface area contributed by atoms with Gasteiger partial charge in [0.05, 0.1) is 9.79 Å². The van der Waals surface area contributed by atoms with E-state index in [4.69, 9.17) is 11.6 Å². The summed E-state index contributed by atoms with van der Waals surface area (Å²) in [6.07, 6.45) is 0. The van der Waals surface area contributed by atoms with Gasteiger partial charge in [0, 0.05) is 17.6 Å². The lowest BCUT2D eigenvalue weighted by Gasteiger charge is -2.11. The fourth-order valence-electron chi connectivity index (χ4n) is 2.07. The van der Waals surface area contributed by atoms with E-state index in [9.17, 15) is 21.6 Å². The first-order valence-corrected chi connectivity index (χ1v) is 10.3. The van der Waals surface area contributed by atoms with Crippen molar-refractivity contribution in [2.75, 3.05) is 4.72 Å². The number of nitrogens with one attached hydrogen (secondary N) is 2. The van der Waals surface area contributed by atoms with Gasteiger partial charge in [-0.05, 0) is 55.0 Å². The number of anilines is 1. The lowest BCUT2D eigenvalue weighted by atomic mass is 10.2. The number of sulfonamides is 2. The molecule has 7 nitrogen and oxygen atoms in total. The quantitative estimate of drug-likeness (QED) is 0.797. The second-order valence-electron chi connectivity index (χ2n) is 5.20. The Balaban J connectivity index is 2.28. The van der Waals surface area contributed by atoms with E-state index < -0.39 is 26.0 Å². The van der Waals surface area contributed by atoms with Gasteiger partial charge in [-0.15, -0.1) is 0 Å². The van der Waals surface area contributed by atoms with E-state index in [-0.39, 0.29) is 15.5 Å². The predicted octanol–water partition coefficient (Wildman–Crippen LogP) is 2.27. The second kappa shape index (κ2) is 7.03. The van der Waals surface area contributed by atoms with Gasteiger partial charge in [-0.25, -0.2) is 21.6 Å². The van der Waals surface area contributed by atoms with Gasteiger partial charge in [-0.2, -0.15) is 0 Å². The number of rotatable bonds is 5. The summed E-state index contributed by atoms with van der Waals surface area (Å²) in [7, 11) is -7.83. The average Bonchev–Trinajstić information content (AvgIpc) is 2.45. The van der Waals surface area contributed by atoms with Crippen molar-refractivity contribution in [3.63, 3.8) is 0 Å². The molecule has 0 atom stereocenters. The SMILES string of the molecule is CC(=O)NS(=O)(=O)c1ccc(NS(=O)(=O)c2ccc(Cl)cc2C)cc1. The van der Waals surface area contributed by atoms with Crippen LogP contribution in [0.5, 0.6) is 0 Å². The Morgan fingerprint density at radius 2 is 1.56 bits per heavy atom. The van der Waals surface area contributed by atoms with Crippen LogP contribution in [0.25, 0.3) is 0 Å². The highest BCUT2D eigenvalue weighted by molar-refractivity contribution is 7.92. The third-order valence-corrected chi connectivity index (χ3v) is 6.35. The summed E-state index contributed by atoms with van der Waals surface area (Å²) in [4.78, 5) is 10.8. The molecule has 0 spiro atoms. The standard InChI is InChI=1S/C15H15ClN2O5S2/c1-10-9-12(16)3-8-15(10)25(22,23)18-13-4-6-14(7-5-13)24(20,21)17-11(2)19/h3-9,18H,1-2H3,(H,17,19). The number of carbonyl (C=O) groups is 1. The van der Waals surface area contributed by atoms with E-state index in [1.165, 1.54) is 42.5 Å². The van der Waals surface area contributed by atoms with Crippen LogP contribution >= 0.6 is 11.6 Å². The molecule has 0 radical (unpaired) electrons. The van der Waals surface area contributed by atoms with Crippen LogP contribution in [-0.4, -0.2) is 22.7 Å². The summed E-state index contributed by atoms with van der Waals surface area (Å²) in [6, 6.07) is 9.34. The molecule has 0 bridgehead atoms. The number of aryl methyl sites for hydroxylation is 1. The van der Waals surface area contributed by atoms with Gasteiger partial charge in [-0.1, -0.05) is 11.6 Å². The van der Waals surface area contributed by atoms with Crippen LogP contribution in [0.3, 0.4) is 0 Å². The first-order chi connectivity index (χ1) is 11.5. The largest absolute Gasteiger partial charge is 0.280 e. The molecule has 0 saturated carbocycles. The Labute approximate surface area is 151 Å². The van der Waals surface area contributed by atoms with Crippen molar-refractivity contribution in [2.45, 2.75) is 23.6 Å². The van der Waals surface area contributed by atoms with Crippen LogP contribution < -0.4 is 9.44 Å². The minimum absolute atomic E-state index is 0.0619. The van der Waals surface area contributed by atoms with Crippen molar-refractivity contribution in [2.24, 2.45) is 0 Å². The number of benzene rings is 2. The predicted molar refractivity (Wildman–Crippen MR) is 94.4 cm³/mol. The molecule has 0 aliphatic carbocycles. The lowest BCUT2D eigenvalue weighted by molar-refractivity contribution is -0.117. The molecule has 0 fully saturated rings. The van der Waals surface area contributed by atoms with Gasteiger partial charge in [0.15, 0.2) is 0 Å². The normalized spacial score (nSPS) is 11.8. The fourth-order valence-corrected chi connectivity index (χ4v) is 4.58. The van der Waals surface area contributed by atoms with Crippen molar-refractivity contribution in [1.82, 2.24) is 4.72 Å². The zero-order valence-corrected chi connectivity index (χ0v) is 15.7. The topological polar surface area (TPSA) is 109 Å². The number of amides is 1. The van der Waals surface area contributed by atoms with E-state index in [0.717, 1.165) is 6.92 Å². The maximum atomic E-state index is 12.4. The molecule has 0 unspecified atom stereocenters. The molecule has 2 aromatic carbocycles. The number of hydrogen-bond acceptors (Lipinski definition) is 5. The summed E-state index contributed by atoms with van der Waals surface area (Å²) in [5, 5.41) is 0.420. The Hall–Kier alpha value is -2.10. The van der Waals surface area contributed by atoms with Gasteiger partial charge in [0.2, 0.25) is 5.91 Å². The second-order valence-corrected chi connectivity index (χ2v) is 8.97. The van der Waals surface area contributed by atoms with Crippen molar-refractivity contribution in [3.05, 3.63) is 53.1 Å². The first-order valence-electron chi connectivity index (χ1n) is 6.94. The minimum atomic E-state index is -3.98. The van der Waals surface area contributed by atoms with Gasteiger partial charge in [-0.3, -0.25) is 9.52 Å². The van der Waals surface area contributed by atoms with E-state index in [0.29, 0.717) is 10.6 Å². The van der Waals surface area contributed by atoms with Crippen molar-refractivity contribution in [3.8, 4) is 0 Å². The van der Waals surface area contributed by atoms with Gasteiger partial charge in [0.25, 0.3) is 20.0 Å².